The van der Waals surface area contributed by atoms with Crippen molar-refractivity contribution < 1.29 is 4.74 Å². The number of nitrogens with zero attached hydrogens (tertiary/aromatic N) is 3. The smallest absolute Gasteiger partial charge is 0.123 e. The van der Waals surface area contributed by atoms with E-state index >= 15 is 0 Å². The summed E-state index contributed by atoms with van der Waals surface area (Å²) in [5, 5.41) is 0. The van der Waals surface area contributed by atoms with Crippen LogP contribution in [0.1, 0.15) is 5.56 Å². The summed E-state index contributed by atoms with van der Waals surface area (Å²) in [5.74, 6) is 0.586. The van der Waals surface area contributed by atoms with Gasteiger partial charge in [-0.2, -0.15) is 0 Å². The molecule has 5 heteroatoms. The van der Waals surface area contributed by atoms with Crippen LogP contribution < -0.4 is 5.73 Å². The predicted octanol–water partition coefficient (Wildman–Crippen LogP) is 0.138. The average molecular weight is 234 g/mol. The molecule has 2 N–H and O–H groups in total. The van der Waals surface area contributed by atoms with Gasteiger partial charge in [-0.15, -0.1) is 0 Å². The number of aromatic nitrogens is 1. The van der Waals surface area contributed by atoms with Crippen molar-refractivity contribution in [2.24, 2.45) is 0 Å². The number of fused-ring (bicyclic) bond motifs is 1. The van der Waals surface area contributed by atoms with Crippen molar-refractivity contribution >= 4 is 5.82 Å². The Kier molecular flexibility index (Phi) is 2.96. The number of pyridine rings is 1. The fourth-order valence-electron chi connectivity index (χ4n) is 2.52. The van der Waals surface area contributed by atoms with Crippen molar-refractivity contribution in [2.45, 2.75) is 12.6 Å². The highest BCUT2D eigenvalue weighted by Gasteiger charge is 2.31. The minimum Gasteiger partial charge on any atom is -0.384 e. The van der Waals surface area contributed by atoms with Crippen LogP contribution in [0, 0.1) is 0 Å². The highest BCUT2D eigenvalue weighted by atomic mass is 16.5. The van der Waals surface area contributed by atoms with Crippen LogP contribution in [0.5, 0.6) is 0 Å². The van der Waals surface area contributed by atoms with E-state index in [0.29, 0.717) is 11.9 Å². The monoisotopic (exact) mass is 234 g/mol. The molecule has 0 aliphatic carbocycles. The van der Waals surface area contributed by atoms with E-state index in [1.54, 1.807) is 0 Å². The molecule has 1 unspecified atom stereocenters. The zero-order valence-electron chi connectivity index (χ0n) is 9.88. The Morgan fingerprint density at radius 3 is 3.18 bits per heavy atom. The number of hydrogen-bond donors (Lipinski definition) is 1. The van der Waals surface area contributed by atoms with Gasteiger partial charge in [-0.1, -0.05) is 6.07 Å². The van der Waals surface area contributed by atoms with Gasteiger partial charge in [0.05, 0.1) is 13.3 Å². The molecule has 92 valence electrons. The highest BCUT2D eigenvalue weighted by Crippen LogP contribution is 2.17. The van der Waals surface area contributed by atoms with Crippen LogP contribution in [0.25, 0.3) is 0 Å². The summed E-state index contributed by atoms with van der Waals surface area (Å²) >= 11 is 0. The molecule has 17 heavy (non-hydrogen) atoms. The predicted molar refractivity (Wildman–Crippen MR) is 65.2 cm³/mol. The van der Waals surface area contributed by atoms with Crippen molar-refractivity contribution in [1.29, 1.82) is 0 Å². The first-order valence-electron chi connectivity index (χ1n) is 6.06. The van der Waals surface area contributed by atoms with Crippen LogP contribution in [-0.4, -0.2) is 53.8 Å². The molecule has 1 atom stereocenters. The summed E-state index contributed by atoms with van der Waals surface area (Å²) in [6.45, 7) is 5.93. The van der Waals surface area contributed by atoms with Gasteiger partial charge in [0, 0.05) is 38.4 Å². The molecule has 1 aromatic heterocycles. The minimum absolute atomic E-state index is 0.575. The lowest BCUT2D eigenvalue weighted by molar-refractivity contribution is 0.0876. The van der Waals surface area contributed by atoms with Gasteiger partial charge in [-0.05, 0) is 11.6 Å². The first-order valence-corrected chi connectivity index (χ1v) is 6.06. The number of ether oxygens (including phenoxy) is 1. The third kappa shape index (κ3) is 2.41. The second-order valence-corrected chi connectivity index (χ2v) is 4.79. The summed E-state index contributed by atoms with van der Waals surface area (Å²) in [5.41, 5.74) is 6.81. The van der Waals surface area contributed by atoms with Crippen LogP contribution in [-0.2, 0) is 11.3 Å². The third-order valence-corrected chi connectivity index (χ3v) is 3.51. The number of piperazine rings is 1. The number of anilines is 1. The summed E-state index contributed by atoms with van der Waals surface area (Å²) in [7, 11) is 0. The van der Waals surface area contributed by atoms with Crippen LogP contribution in [0.3, 0.4) is 0 Å². The Balaban J connectivity index is 1.60. The summed E-state index contributed by atoms with van der Waals surface area (Å²) in [4.78, 5) is 9.00. The number of rotatable bonds is 2. The molecule has 3 heterocycles. The van der Waals surface area contributed by atoms with E-state index in [1.165, 1.54) is 5.56 Å². The van der Waals surface area contributed by atoms with E-state index in [4.69, 9.17) is 10.5 Å². The molecular weight excluding hydrogens is 216 g/mol. The number of hydrogen-bond acceptors (Lipinski definition) is 5. The maximum absolute atomic E-state index is 5.58. The Morgan fingerprint density at radius 2 is 2.35 bits per heavy atom. The van der Waals surface area contributed by atoms with Gasteiger partial charge in [-0.3, -0.25) is 9.80 Å². The lowest BCUT2D eigenvalue weighted by Crippen LogP contribution is -2.50. The molecule has 1 aromatic rings. The highest BCUT2D eigenvalue weighted by molar-refractivity contribution is 5.29. The Morgan fingerprint density at radius 1 is 1.41 bits per heavy atom. The second kappa shape index (κ2) is 4.60. The van der Waals surface area contributed by atoms with Crippen LogP contribution in [0.2, 0.25) is 0 Å². The Hall–Kier alpha value is -1.17. The van der Waals surface area contributed by atoms with Crippen molar-refractivity contribution in [2.75, 3.05) is 38.7 Å². The normalized spacial score (nSPS) is 26.0. The van der Waals surface area contributed by atoms with Gasteiger partial charge in [0.25, 0.3) is 0 Å². The first-order chi connectivity index (χ1) is 8.31. The van der Waals surface area contributed by atoms with Gasteiger partial charge >= 0.3 is 0 Å². The van der Waals surface area contributed by atoms with Crippen molar-refractivity contribution in [3.8, 4) is 0 Å². The van der Waals surface area contributed by atoms with Crippen molar-refractivity contribution in [3.63, 3.8) is 0 Å². The molecule has 3 rings (SSSR count). The molecule has 2 aliphatic rings. The fourth-order valence-corrected chi connectivity index (χ4v) is 2.52. The summed E-state index contributed by atoms with van der Waals surface area (Å²) < 4.78 is 5.48. The molecule has 2 saturated heterocycles. The van der Waals surface area contributed by atoms with Gasteiger partial charge < -0.3 is 10.5 Å². The maximum atomic E-state index is 5.58. The number of nitrogen functional groups attached to an aromatic ring is 1. The van der Waals surface area contributed by atoms with Crippen molar-refractivity contribution in [3.05, 3.63) is 23.9 Å². The van der Waals surface area contributed by atoms with Crippen LogP contribution in [0.15, 0.2) is 18.3 Å². The van der Waals surface area contributed by atoms with Crippen LogP contribution >= 0.6 is 0 Å². The molecule has 2 fully saturated rings. The lowest BCUT2D eigenvalue weighted by Gasteiger charge is -2.36. The van der Waals surface area contributed by atoms with E-state index in [2.05, 4.69) is 20.9 Å². The number of nitrogens with two attached hydrogens (primary N) is 1. The molecule has 0 radical (unpaired) electrons. The lowest BCUT2D eigenvalue weighted by atomic mass is 10.1. The van der Waals surface area contributed by atoms with Crippen molar-refractivity contribution in [1.82, 2.24) is 14.8 Å². The molecular formula is C12H18N4O. The maximum Gasteiger partial charge on any atom is 0.123 e. The van der Waals surface area contributed by atoms with Crippen LogP contribution in [0.4, 0.5) is 5.82 Å². The largest absolute Gasteiger partial charge is 0.384 e. The molecule has 5 nitrogen and oxygen atoms in total. The quantitative estimate of drug-likeness (QED) is 0.788. The first kappa shape index (κ1) is 11.0. The van der Waals surface area contributed by atoms with E-state index in [9.17, 15) is 0 Å². The third-order valence-electron chi connectivity index (χ3n) is 3.51. The molecule has 0 saturated carbocycles. The van der Waals surface area contributed by atoms with Gasteiger partial charge in [0.1, 0.15) is 5.82 Å². The standard InChI is InChI=1S/C12H18N4O/c13-12-2-1-10(5-14-12)6-15-3-4-16-9-17-8-11(16)7-15/h1-2,5,11H,3-4,6-9H2,(H2,13,14). The fraction of sp³-hybridized carbons (Fsp3) is 0.583. The molecule has 0 aromatic carbocycles. The average Bonchev–Trinajstić information content (AvgIpc) is 2.79. The van der Waals surface area contributed by atoms with Gasteiger partial charge in [0.2, 0.25) is 0 Å². The molecule has 0 amide bonds. The van der Waals surface area contributed by atoms with E-state index < -0.39 is 0 Å². The minimum atomic E-state index is 0.575. The Bertz CT molecular complexity index is 381. The van der Waals surface area contributed by atoms with E-state index in [0.717, 1.165) is 39.5 Å². The van der Waals surface area contributed by atoms with E-state index in [-0.39, 0.29) is 0 Å². The molecule has 2 aliphatic heterocycles. The molecule has 0 bridgehead atoms. The second-order valence-electron chi connectivity index (χ2n) is 4.79. The van der Waals surface area contributed by atoms with Gasteiger partial charge in [0.15, 0.2) is 0 Å². The zero-order chi connectivity index (χ0) is 11.7. The van der Waals surface area contributed by atoms with Gasteiger partial charge in [-0.25, -0.2) is 4.98 Å². The summed E-state index contributed by atoms with van der Waals surface area (Å²) in [6, 6.07) is 4.50. The summed E-state index contributed by atoms with van der Waals surface area (Å²) in [6.07, 6.45) is 1.87. The topological polar surface area (TPSA) is 54.6 Å². The SMILES string of the molecule is Nc1ccc(CN2CCN3COCC3C2)cn1. The van der Waals surface area contributed by atoms with E-state index in [1.807, 2.05) is 12.3 Å². The molecule has 0 spiro atoms. The Labute approximate surface area is 101 Å². The zero-order valence-corrected chi connectivity index (χ0v) is 9.88.